The Morgan fingerprint density at radius 3 is 2.35 bits per heavy atom. The highest BCUT2D eigenvalue weighted by Gasteiger charge is 2.30. The number of benzene rings is 1. The van der Waals surface area contributed by atoms with Crippen molar-refractivity contribution in [3.05, 3.63) is 29.3 Å². The van der Waals surface area contributed by atoms with Gasteiger partial charge < -0.3 is 4.90 Å². The summed E-state index contributed by atoms with van der Waals surface area (Å²) in [6.45, 7) is 2.90. The van der Waals surface area contributed by atoms with Crippen molar-refractivity contribution in [3.8, 4) is 0 Å². The smallest absolute Gasteiger partial charge is 0.363 e. The van der Waals surface area contributed by atoms with Gasteiger partial charge in [0.1, 0.15) is 6.54 Å². The Labute approximate surface area is 104 Å². The second-order valence-electron chi connectivity index (χ2n) is 3.88. The summed E-state index contributed by atoms with van der Waals surface area (Å²) in [7, 11) is 0. The molecule has 17 heavy (non-hydrogen) atoms. The molecule has 1 nitrogen and oxygen atoms in total. The van der Waals surface area contributed by atoms with E-state index in [1.165, 1.54) is 4.90 Å². The van der Waals surface area contributed by atoms with Crippen molar-refractivity contribution >= 4 is 17.3 Å². The van der Waals surface area contributed by atoms with Gasteiger partial charge in [-0.3, -0.25) is 0 Å². The summed E-state index contributed by atoms with van der Waals surface area (Å²) in [4.78, 5) is 1.31. The first-order valence-corrected chi connectivity index (χ1v) is 5.88. The molecule has 0 unspecified atom stereocenters. The second-order valence-corrected chi connectivity index (χ2v) is 4.15. The minimum absolute atomic E-state index is 0.320. The van der Waals surface area contributed by atoms with Crippen LogP contribution >= 0.6 is 11.6 Å². The maximum Gasteiger partial charge on any atom is 0.405 e. The van der Waals surface area contributed by atoms with Crippen molar-refractivity contribution in [3.63, 3.8) is 0 Å². The lowest BCUT2D eigenvalue weighted by molar-refractivity contribution is -0.119. The molecule has 0 aromatic heterocycles. The van der Waals surface area contributed by atoms with E-state index in [1.807, 2.05) is 6.07 Å². The van der Waals surface area contributed by atoms with Crippen molar-refractivity contribution in [2.75, 3.05) is 18.0 Å². The number of halogens is 4. The molecule has 0 fully saturated rings. The number of nitrogens with zero attached hydrogens (tertiary/aromatic N) is 1. The highest BCUT2D eigenvalue weighted by Crippen LogP contribution is 2.26. The highest BCUT2D eigenvalue weighted by atomic mass is 35.5. The molecular formula is C12H15ClF3N. The van der Waals surface area contributed by atoms with Crippen molar-refractivity contribution < 1.29 is 13.2 Å². The van der Waals surface area contributed by atoms with Gasteiger partial charge in [0, 0.05) is 18.1 Å². The minimum Gasteiger partial charge on any atom is -0.363 e. The first-order valence-electron chi connectivity index (χ1n) is 5.34. The fourth-order valence-electron chi connectivity index (χ4n) is 1.74. The molecule has 0 heterocycles. The van der Waals surface area contributed by atoms with Crippen LogP contribution < -0.4 is 4.90 Å². The van der Waals surface area contributed by atoms with Gasteiger partial charge in [-0.2, -0.15) is 13.2 Å². The Morgan fingerprint density at radius 1 is 1.29 bits per heavy atom. The van der Waals surface area contributed by atoms with Crippen LogP contribution in [-0.4, -0.2) is 19.3 Å². The lowest BCUT2D eigenvalue weighted by Gasteiger charge is -2.26. The van der Waals surface area contributed by atoms with Gasteiger partial charge in [-0.1, -0.05) is 12.1 Å². The molecule has 0 aliphatic rings. The Kier molecular flexibility index (Phi) is 4.69. The first-order chi connectivity index (χ1) is 7.87. The van der Waals surface area contributed by atoms with E-state index in [-0.39, 0.29) is 0 Å². The summed E-state index contributed by atoms with van der Waals surface area (Å²) in [6.07, 6.45) is -4.19. The normalized spacial score (nSPS) is 11.6. The molecule has 0 atom stereocenters. The average Bonchev–Trinajstić information content (AvgIpc) is 2.24. The van der Waals surface area contributed by atoms with Crippen LogP contribution in [0.2, 0.25) is 0 Å². The van der Waals surface area contributed by atoms with Crippen LogP contribution in [0.5, 0.6) is 0 Å². The molecule has 0 saturated carbocycles. The summed E-state index contributed by atoms with van der Waals surface area (Å²) in [5.41, 5.74) is 2.34. The number of aryl methyl sites for hydroxylation is 1. The van der Waals surface area contributed by atoms with Crippen LogP contribution in [0.1, 0.15) is 18.1 Å². The van der Waals surface area contributed by atoms with E-state index < -0.39 is 12.7 Å². The Bertz CT molecular complexity index is 377. The SMILES string of the molecule is CCN(CC(F)(F)F)c1ccc(CCl)cc1C. The molecule has 0 spiro atoms. The predicted octanol–water partition coefficient (Wildman–Crippen LogP) is 4.12. The lowest BCUT2D eigenvalue weighted by atomic mass is 10.1. The van der Waals surface area contributed by atoms with Crippen molar-refractivity contribution in [2.45, 2.75) is 25.9 Å². The summed E-state index contributed by atoms with van der Waals surface area (Å²) in [5.74, 6) is 0.368. The number of hydrogen-bond donors (Lipinski definition) is 0. The zero-order valence-electron chi connectivity index (χ0n) is 9.81. The predicted molar refractivity (Wildman–Crippen MR) is 64.7 cm³/mol. The first kappa shape index (κ1) is 14.2. The third-order valence-corrected chi connectivity index (χ3v) is 2.82. The van der Waals surface area contributed by atoms with Gasteiger partial charge in [-0.25, -0.2) is 0 Å². The van der Waals surface area contributed by atoms with Gasteiger partial charge in [0.15, 0.2) is 0 Å². The van der Waals surface area contributed by atoms with Crippen molar-refractivity contribution in [1.29, 1.82) is 0 Å². The largest absolute Gasteiger partial charge is 0.405 e. The molecule has 0 amide bonds. The van der Waals surface area contributed by atoms with Crippen molar-refractivity contribution in [1.82, 2.24) is 0 Å². The highest BCUT2D eigenvalue weighted by molar-refractivity contribution is 6.17. The molecule has 1 aromatic rings. The van der Waals surface area contributed by atoms with Crippen LogP contribution in [0.4, 0.5) is 18.9 Å². The molecule has 1 rings (SSSR count). The third-order valence-electron chi connectivity index (χ3n) is 2.51. The molecule has 96 valence electrons. The van der Waals surface area contributed by atoms with Crippen LogP contribution in [-0.2, 0) is 5.88 Å². The van der Waals surface area contributed by atoms with Gasteiger partial charge in [-0.15, -0.1) is 11.6 Å². The summed E-state index contributed by atoms with van der Waals surface area (Å²) in [6, 6.07) is 5.28. The fraction of sp³-hybridized carbons (Fsp3) is 0.500. The van der Waals surface area contributed by atoms with Crippen LogP contribution in [0.3, 0.4) is 0 Å². The fourth-order valence-corrected chi connectivity index (χ4v) is 1.91. The van der Waals surface area contributed by atoms with Crippen molar-refractivity contribution in [2.24, 2.45) is 0 Å². The van der Waals surface area contributed by atoms with E-state index in [0.29, 0.717) is 18.1 Å². The van der Waals surface area contributed by atoms with Gasteiger partial charge in [0.25, 0.3) is 0 Å². The van der Waals surface area contributed by atoms with Crippen LogP contribution in [0.15, 0.2) is 18.2 Å². The molecule has 0 N–H and O–H groups in total. The molecule has 0 radical (unpaired) electrons. The second kappa shape index (κ2) is 5.63. The molecule has 5 heteroatoms. The third kappa shape index (κ3) is 4.11. The van der Waals surface area contributed by atoms with Crippen LogP contribution in [0.25, 0.3) is 0 Å². The summed E-state index contributed by atoms with van der Waals surface area (Å²) in [5, 5.41) is 0. The Morgan fingerprint density at radius 2 is 1.94 bits per heavy atom. The zero-order valence-corrected chi connectivity index (χ0v) is 10.6. The number of rotatable bonds is 4. The van der Waals surface area contributed by atoms with Gasteiger partial charge in [0.2, 0.25) is 0 Å². The zero-order chi connectivity index (χ0) is 13.1. The van der Waals surface area contributed by atoms with Gasteiger partial charge in [-0.05, 0) is 31.0 Å². The van der Waals surface area contributed by atoms with Gasteiger partial charge in [0.05, 0.1) is 0 Å². The lowest BCUT2D eigenvalue weighted by Crippen LogP contribution is -2.34. The molecule has 0 aliphatic carbocycles. The summed E-state index contributed by atoms with van der Waals surface area (Å²) >= 11 is 5.68. The van der Waals surface area contributed by atoms with Gasteiger partial charge >= 0.3 is 6.18 Å². The maximum absolute atomic E-state index is 12.4. The van der Waals surface area contributed by atoms with E-state index in [2.05, 4.69) is 0 Å². The Balaban J connectivity index is 2.96. The Hall–Kier alpha value is -0.900. The monoisotopic (exact) mass is 265 g/mol. The number of alkyl halides is 4. The van der Waals surface area contributed by atoms with E-state index >= 15 is 0 Å². The van der Waals surface area contributed by atoms with E-state index in [9.17, 15) is 13.2 Å². The molecule has 0 bridgehead atoms. The van der Waals surface area contributed by atoms with E-state index in [0.717, 1.165) is 11.1 Å². The molecular weight excluding hydrogens is 251 g/mol. The molecule has 0 aliphatic heterocycles. The topological polar surface area (TPSA) is 3.24 Å². The van der Waals surface area contributed by atoms with E-state index in [1.54, 1.807) is 26.0 Å². The molecule has 0 saturated heterocycles. The average molecular weight is 266 g/mol. The quantitative estimate of drug-likeness (QED) is 0.740. The van der Waals surface area contributed by atoms with Crippen LogP contribution in [0, 0.1) is 6.92 Å². The summed E-state index contributed by atoms with van der Waals surface area (Å²) < 4.78 is 37.2. The van der Waals surface area contributed by atoms with E-state index in [4.69, 9.17) is 11.6 Å². The maximum atomic E-state index is 12.4. The molecule has 1 aromatic carbocycles. The number of anilines is 1. The minimum atomic E-state index is -4.19. The number of hydrogen-bond acceptors (Lipinski definition) is 1. The standard InChI is InChI=1S/C12H15ClF3N/c1-3-17(8-12(14,15)16)11-5-4-10(7-13)6-9(11)2/h4-6H,3,7-8H2,1-2H3.